The number of rotatable bonds is 6. The van der Waals surface area contributed by atoms with Crippen molar-refractivity contribution in [2.75, 3.05) is 26.2 Å². The van der Waals surface area contributed by atoms with Crippen molar-refractivity contribution in [3.05, 3.63) is 0 Å². The summed E-state index contributed by atoms with van der Waals surface area (Å²) in [5, 5.41) is 11.9. The highest BCUT2D eigenvalue weighted by molar-refractivity contribution is 5.83. The van der Waals surface area contributed by atoms with Crippen LogP contribution in [0, 0.1) is 0 Å². The lowest BCUT2D eigenvalue weighted by Crippen LogP contribution is -2.55. The van der Waals surface area contributed by atoms with Gasteiger partial charge in [-0.25, -0.2) is 0 Å². The average Bonchev–Trinajstić information content (AvgIpc) is 2.39. The van der Waals surface area contributed by atoms with E-state index in [0.29, 0.717) is 19.5 Å². The Morgan fingerprint density at radius 1 is 1.39 bits per heavy atom. The molecule has 6 heteroatoms. The number of amides is 2. The molecular formula is C12H24N4O2. The summed E-state index contributed by atoms with van der Waals surface area (Å²) in [4.78, 5) is 23.2. The number of carbonyl (C=O) groups is 2. The molecule has 0 saturated carbocycles. The molecule has 6 nitrogen and oxygen atoms in total. The molecule has 0 bridgehead atoms. The Morgan fingerprint density at radius 2 is 2.17 bits per heavy atom. The zero-order chi connectivity index (χ0) is 13.4. The van der Waals surface area contributed by atoms with Crippen LogP contribution in [0.3, 0.4) is 0 Å². The zero-order valence-electron chi connectivity index (χ0n) is 11.2. The molecule has 2 atom stereocenters. The van der Waals surface area contributed by atoms with Crippen LogP contribution in [0.15, 0.2) is 0 Å². The van der Waals surface area contributed by atoms with Crippen LogP contribution in [0.2, 0.25) is 0 Å². The van der Waals surface area contributed by atoms with Crippen molar-refractivity contribution in [2.45, 2.75) is 38.8 Å². The minimum Gasteiger partial charge on any atom is -0.354 e. The predicted molar refractivity (Wildman–Crippen MR) is 70.2 cm³/mol. The largest absolute Gasteiger partial charge is 0.354 e. The summed E-state index contributed by atoms with van der Waals surface area (Å²) in [6.07, 6.45) is 1.24. The predicted octanol–water partition coefficient (Wildman–Crippen LogP) is -1.03. The Kier molecular flexibility index (Phi) is 6.67. The lowest BCUT2D eigenvalue weighted by Gasteiger charge is -2.23. The molecule has 1 fully saturated rings. The standard InChI is InChI=1S/C12H24N4O2/c1-3-9(2)16-11(17)4-5-15-12(18)10-8-13-6-7-14-10/h9-10,13-14H,3-8H2,1-2H3,(H,15,18)(H,16,17). The molecule has 1 aliphatic heterocycles. The number of hydrogen-bond acceptors (Lipinski definition) is 4. The second-order valence-corrected chi connectivity index (χ2v) is 4.63. The van der Waals surface area contributed by atoms with Crippen LogP contribution in [0.5, 0.6) is 0 Å². The molecular weight excluding hydrogens is 232 g/mol. The zero-order valence-corrected chi connectivity index (χ0v) is 11.2. The first-order chi connectivity index (χ1) is 8.63. The van der Waals surface area contributed by atoms with E-state index >= 15 is 0 Å². The van der Waals surface area contributed by atoms with E-state index in [4.69, 9.17) is 0 Å². The van der Waals surface area contributed by atoms with E-state index < -0.39 is 0 Å². The van der Waals surface area contributed by atoms with Crippen LogP contribution >= 0.6 is 0 Å². The van der Waals surface area contributed by atoms with Gasteiger partial charge < -0.3 is 21.3 Å². The van der Waals surface area contributed by atoms with E-state index in [1.165, 1.54) is 0 Å². The van der Waals surface area contributed by atoms with Crippen molar-refractivity contribution in [3.8, 4) is 0 Å². The van der Waals surface area contributed by atoms with Crippen molar-refractivity contribution in [3.63, 3.8) is 0 Å². The third-order valence-electron chi connectivity index (χ3n) is 3.03. The number of piperazine rings is 1. The molecule has 0 aromatic rings. The monoisotopic (exact) mass is 256 g/mol. The first kappa shape index (κ1) is 14.9. The van der Waals surface area contributed by atoms with Crippen LogP contribution in [0.4, 0.5) is 0 Å². The van der Waals surface area contributed by atoms with Crippen LogP contribution in [-0.2, 0) is 9.59 Å². The maximum atomic E-state index is 11.7. The maximum Gasteiger partial charge on any atom is 0.238 e. The molecule has 0 radical (unpaired) electrons. The van der Waals surface area contributed by atoms with Gasteiger partial charge in [0.25, 0.3) is 0 Å². The van der Waals surface area contributed by atoms with Gasteiger partial charge in [0.15, 0.2) is 0 Å². The Bertz CT molecular complexity index is 277. The fraction of sp³-hybridized carbons (Fsp3) is 0.833. The molecule has 0 spiro atoms. The van der Waals surface area contributed by atoms with Gasteiger partial charge in [-0.2, -0.15) is 0 Å². The summed E-state index contributed by atoms with van der Waals surface area (Å²) in [7, 11) is 0. The van der Waals surface area contributed by atoms with Crippen molar-refractivity contribution >= 4 is 11.8 Å². The van der Waals surface area contributed by atoms with Crippen LogP contribution in [0.1, 0.15) is 26.7 Å². The van der Waals surface area contributed by atoms with E-state index in [1.54, 1.807) is 0 Å². The molecule has 0 aromatic heterocycles. The highest BCUT2D eigenvalue weighted by Gasteiger charge is 2.19. The Morgan fingerprint density at radius 3 is 2.78 bits per heavy atom. The van der Waals surface area contributed by atoms with Gasteiger partial charge in [-0.15, -0.1) is 0 Å². The molecule has 1 rings (SSSR count). The summed E-state index contributed by atoms with van der Waals surface area (Å²) in [5.74, 6) is -0.0575. The summed E-state index contributed by atoms with van der Waals surface area (Å²) < 4.78 is 0. The van der Waals surface area contributed by atoms with Gasteiger partial charge in [-0.05, 0) is 13.3 Å². The minimum absolute atomic E-state index is 0.0145. The SMILES string of the molecule is CCC(C)NC(=O)CCNC(=O)C1CNCCN1. The van der Waals surface area contributed by atoms with Crippen LogP contribution < -0.4 is 21.3 Å². The highest BCUT2D eigenvalue weighted by atomic mass is 16.2. The Hall–Kier alpha value is -1.14. The molecule has 1 heterocycles. The van der Waals surface area contributed by atoms with Gasteiger partial charge in [0, 0.05) is 38.6 Å². The van der Waals surface area contributed by atoms with E-state index in [0.717, 1.165) is 19.5 Å². The first-order valence-corrected chi connectivity index (χ1v) is 6.64. The molecule has 0 aliphatic carbocycles. The highest BCUT2D eigenvalue weighted by Crippen LogP contribution is 1.90. The fourth-order valence-electron chi connectivity index (χ4n) is 1.71. The van der Waals surface area contributed by atoms with Crippen molar-refractivity contribution in [1.82, 2.24) is 21.3 Å². The lowest BCUT2D eigenvalue weighted by molar-refractivity contribution is -0.124. The lowest BCUT2D eigenvalue weighted by atomic mass is 10.2. The third kappa shape index (κ3) is 5.46. The quantitative estimate of drug-likeness (QED) is 0.490. The van der Waals surface area contributed by atoms with Gasteiger partial charge in [0.2, 0.25) is 11.8 Å². The molecule has 18 heavy (non-hydrogen) atoms. The normalized spacial score (nSPS) is 21.1. The third-order valence-corrected chi connectivity index (χ3v) is 3.03. The van der Waals surface area contributed by atoms with Crippen LogP contribution in [-0.4, -0.2) is 50.1 Å². The number of hydrogen-bond donors (Lipinski definition) is 4. The van der Waals surface area contributed by atoms with Crippen molar-refractivity contribution in [2.24, 2.45) is 0 Å². The first-order valence-electron chi connectivity index (χ1n) is 6.64. The Labute approximate surface area is 108 Å². The summed E-state index contributed by atoms with van der Waals surface area (Å²) in [6, 6.07) is 0.00814. The summed E-state index contributed by atoms with van der Waals surface area (Å²) >= 11 is 0. The molecule has 0 aromatic carbocycles. The second-order valence-electron chi connectivity index (χ2n) is 4.63. The van der Waals surface area contributed by atoms with Crippen molar-refractivity contribution < 1.29 is 9.59 Å². The number of carbonyl (C=O) groups excluding carboxylic acids is 2. The van der Waals surface area contributed by atoms with E-state index in [9.17, 15) is 9.59 Å². The number of nitrogens with one attached hydrogen (secondary N) is 4. The van der Waals surface area contributed by atoms with Gasteiger partial charge in [0.1, 0.15) is 0 Å². The fourth-order valence-corrected chi connectivity index (χ4v) is 1.71. The molecule has 4 N–H and O–H groups in total. The second kappa shape index (κ2) is 8.05. The maximum absolute atomic E-state index is 11.7. The average molecular weight is 256 g/mol. The summed E-state index contributed by atoms with van der Waals surface area (Å²) in [5.41, 5.74) is 0. The smallest absolute Gasteiger partial charge is 0.238 e. The van der Waals surface area contributed by atoms with E-state index in [2.05, 4.69) is 21.3 Å². The molecule has 2 unspecified atom stereocenters. The Balaban J connectivity index is 2.12. The van der Waals surface area contributed by atoms with Gasteiger partial charge in [-0.1, -0.05) is 6.92 Å². The molecule has 1 saturated heterocycles. The van der Waals surface area contributed by atoms with Crippen molar-refractivity contribution in [1.29, 1.82) is 0 Å². The topological polar surface area (TPSA) is 82.3 Å². The van der Waals surface area contributed by atoms with Gasteiger partial charge in [-0.3, -0.25) is 9.59 Å². The molecule has 2 amide bonds. The van der Waals surface area contributed by atoms with Crippen LogP contribution in [0.25, 0.3) is 0 Å². The van der Waals surface area contributed by atoms with E-state index in [-0.39, 0.29) is 23.9 Å². The summed E-state index contributed by atoms with van der Waals surface area (Å²) in [6.45, 7) is 6.71. The van der Waals surface area contributed by atoms with Gasteiger partial charge >= 0.3 is 0 Å². The molecule has 104 valence electrons. The van der Waals surface area contributed by atoms with Gasteiger partial charge in [0.05, 0.1) is 6.04 Å². The molecule has 1 aliphatic rings. The minimum atomic E-state index is -0.184. The van der Waals surface area contributed by atoms with E-state index in [1.807, 2.05) is 13.8 Å².